The van der Waals surface area contributed by atoms with Gasteiger partial charge in [0.2, 0.25) is 5.88 Å². The molecule has 188 valence electrons. The third-order valence-corrected chi connectivity index (χ3v) is 7.65. The summed E-state index contributed by atoms with van der Waals surface area (Å²) in [5.41, 5.74) is 2.76. The number of ether oxygens (including phenoxy) is 1. The minimum atomic E-state index is -0.938. The normalized spacial score (nSPS) is 14.1. The van der Waals surface area contributed by atoms with Crippen LogP contribution in [0.3, 0.4) is 0 Å². The minimum absolute atomic E-state index is 0.510. The highest BCUT2D eigenvalue weighted by atomic mass is 79.9. The molecule has 1 N–H and O–H groups in total. The molecular weight excluding hydrogens is 524 g/mol. The van der Waals surface area contributed by atoms with Gasteiger partial charge in [0, 0.05) is 22.0 Å². The number of aliphatic hydroxyl groups excluding tert-OH is 1. The lowest BCUT2D eigenvalue weighted by Crippen LogP contribution is -2.44. The maximum Gasteiger partial charge on any atom is 0.218 e. The molecule has 0 unspecified atom stereocenters. The molecule has 0 radical (unpaired) electrons. The Balaban J connectivity index is 1.95. The SMILES string of the molecule is COc1nc2ccc(Br)cc2cc1[C@@](c1ccccc1)(c1cccc2ccccc12)[C@@H](O)CCN(C)C. The number of aromatic nitrogens is 1. The molecule has 37 heavy (non-hydrogen) atoms. The zero-order valence-electron chi connectivity index (χ0n) is 21.4. The monoisotopic (exact) mass is 554 g/mol. The van der Waals surface area contributed by atoms with E-state index in [0.29, 0.717) is 12.3 Å². The molecule has 5 heteroatoms. The molecular formula is C32H31BrN2O2. The van der Waals surface area contributed by atoms with Crippen LogP contribution in [0.2, 0.25) is 0 Å². The van der Waals surface area contributed by atoms with Crippen molar-refractivity contribution in [3.8, 4) is 5.88 Å². The van der Waals surface area contributed by atoms with E-state index < -0.39 is 11.5 Å². The lowest BCUT2D eigenvalue weighted by molar-refractivity contribution is 0.102. The summed E-state index contributed by atoms with van der Waals surface area (Å²) in [4.78, 5) is 7.05. The lowest BCUT2D eigenvalue weighted by atomic mass is 9.64. The molecule has 0 saturated heterocycles. The topological polar surface area (TPSA) is 45.6 Å². The summed E-state index contributed by atoms with van der Waals surface area (Å²) < 4.78 is 6.95. The second-order valence-electron chi connectivity index (χ2n) is 9.69. The zero-order chi connectivity index (χ0) is 26.0. The van der Waals surface area contributed by atoms with Crippen molar-refractivity contribution in [1.82, 2.24) is 9.88 Å². The Morgan fingerprint density at radius 3 is 2.35 bits per heavy atom. The van der Waals surface area contributed by atoms with Gasteiger partial charge in [0.25, 0.3) is 0 Å². The Morgan fingerprint density at radius 1 is 0.865 bits per heavy atom. The highest BCUT2D eigenvalue weighted by molar-refractivity contribution is 9.10. The first-order valence-corrected chi connectivity index (χ1v) is 13.3. The molecule has 0 spiro atoms. The van der Waals surface area contributed by atoms with Crippen LogP contribution in [0.4, 0.5) is 0 Å². The molecule has 4 aromatic carbocycles. The highest BCUT2D eigenvalue weighted by Crippen LogP contribution is 2.49. The Labute approximate surface area is 226 Å². The van der Waals surface area contributed by atoms with E-state index >= 15 is 0 Å². The fourth-order valence-electron chi connectivity index (χ4n) is 5.44. The van der Waals surface area contributed by atoms with E-state index in [9.17, 15) is 5.11 Å². The van der Waals surface area contributed by atoms with Crippen LogP contribution in [-0.4, -0.2) is 48.8 Å². The van der Waals surface area contributed by atoms with Crippen molar-refractivity contribution in [1.29, 1.82) is 0 Å². The Bertz CT molecular complexity index is 1530. The molecule has 0 aliphatic rings. The first-order chi connectivity index (χ1) is 17.9. The summed E-state index contributed by atoms with van der Waals surface area (Å²) in [7, 11) is 5.72. The van der Waals surface area contributed by atoms with Crippen molar-refractivity contribution in [2.24, 2.45) is 0 Å². The average Bonchev–Trinajstić information content (AvgIpc) is 2.92. The molecule has 5 rings (SSSR count). The van der Waals surface area contributed by atoms with Crippen LogP contribution in [0.15, 0.2) is 102 Å². The standard InChI is InChI=1S/C32H31BrN2O2/c1-35(2)19-18-30(36)32(24-12-5-4-6-13-24,27-15-9-11-22-10-7-8-14-26(22)27)28-21-23-20-25(33)16-17-29(23)34-31(28)37-3/h4-17,20-21,30,36H,18-19H2,1-3H3/t30-,32+/m0/s1. The smallest absolute Gasteiger partial charge is 0.218 e. The van der Waals surface area contributed by atoms with E-state index in [1.807, 2.05) is 44.4 Å². The van der Waals surface area contributed by atoms with Crippen molar-refractivity contribution in [2.45, 2.75) is 17.9 Å². The number of halogens is 1. The summed E-state index contributed by atoms with van der Waals surface area (Å²) in [5.74, 6) is 0.510. The van der Waals surface area contributed by atoms with Crippen LogP contribution in [0, 0.1) is 0 Å². The van der Waals surface area contributed by atoms with Crippen molar-refractivity contribution < 1.29 is 9.84 Å². The molecule has 2 atom stereocenters. The number of rotatable bonds is 8. The molecule has 1 heterocycles. The summed E-state index contributed by atoms with van der Waals surface area (Å²) in [5, 5.41) is 15.5. The number of nitrogens with zero attached hydrogens (tertiary/aromatic N) is 2. The van der Waals surface area contributed by atoms with E-state index in [4.69, 9.17) is 9.72 Å². The van der Waals surface area contributed by atoms with Gasteiger partial charge in [-0.25, -0.2) is 4.98 Å². The first kappa shape index (κ1) is 25.4. The average molecular weight is 556 g/mol. The highest BCUT2D eigenvalue weighted by Gasteiger charge is 2.46. The summed E-state index contributed by atoms with van der Waals surface area (Å²) >= 11 is 3.62. The van der Waals surface area contributed by atoms with Gasteiger partial charge < -0.3 is 14.7 Å². The number of hydrogen-bond acceptors (Lipinski definition) is 4. The van der Waals surface area contributed by atoms with Crippen LogP contribution in [-0.2, 0) is 5.41 Å². The van der Waals surface area contributed by atoms with Crippen molar-refractivity contribution in [2.75, 3.05) is 27.7 Å². The van der Waals surface area contributed by atoms with Gasteiger partial charge in [-0.1, -0.05) is 88.7 Å². The van der Waals surface area contributed by atoms with Crippen molar-refractivity contribution >= 4 is 37.6 Å². The van der Waals surface area contributed by atoms with Gasteiger partial charge in [0.05, 0.1) is 24.1 Å². The van der Waals surface area contributed by atoms with E-state index in [1.165, 1.54) is 0 Å². The number of methoxy groups -OCH3 is 1. The Kier molecular flexibility index (Phi) is 7.29. The van der Waals surface area contributed by atoms with E-state index in [-0.39, 0.29) is 0 Å². The third kappa shape index (κ3) is 4.63. The van der Waals surface area contributed by atoms with E-state index in [2.05, 4.69) is 87.6 Å². The van der Waals surface area contributed by atoms with Crippen LogP contribution in [0.1, 0.15) is 23.1 Å². The second-order valence-corrected chi connectivity index (χ2v) is 10.6. The fraction of sp³-hybridized carbons (Fsp3) is 0.219. The molecule has 0 bridgehead atoms. The summed E-state index contributed by atoms with van der Waals surface area (Å²) in [6.07, 6.45) is -0.200. The Morgan fingerprint density at radius 2 is 1.59 bits per heavy atom. The maximum atomic E-state index is 12.4. The summed E-state index contributed by atoms with van der Waals surface area (Å²) in [6.45, 7) is 0.732. The van der Waals surface area contributed by atoms with Gasteiger partial charge in [-0.2, -0.15) is 0 Å². The molecule has 0 amide bonds. The van der Waals surface area contributed by atoms with Crippen LogP contribution in [0.5, 0.6) is 5.88 Å². The van der Waals surface area contributed by atoms with Crippen molar-refractivity contribution in [3.05, 3.63) is 118 Å². The van der Waals surface area contributed by atoms with Crippen LogP contribution < -0.4 is 4.74 Å². The van der Waals surface area contributed by atoms with Crippen LogP contribution in [0.25, 0.3) is 21.7 Å². The second kappa shape index (κ2) is 10.6. The van der Waals surface area contributed by atoms with Gasteiger partial charge in [-0.15, -0.1) is 0 Å². The number of benzene rings is 4. The van der Waals surface area contributed by atoms with Gasteiger partial charge in [0.1, 0.15) is 0 Å². The predicted octanol–water partition coefficient (Wildman–Crippen LogP) is 6.81. The van der Waals surface area contributed by atoms with E-state index in [0.717, 1.165) is 49.4 Å². The van der Waals surface area contributed by atoms with E-state index in [1.54, 1.807) is 7.11 Å². The predicted molar refractivity (Wildman–Crippen MR) is 155 cm³/mol. The molecule has 1 aromatic heterocycles. The zero-order valence-corrected chi connectivity index (χ0v) is 22.9. The van der Waals surface area contributed by atoms with Gasteiger partial charge in [-0.3, -0.25) is 0 Å². The molecule has 0 saturated carbocycles. The molecule has 0 aliphatic carbocycles. The maximum absolute atomic E-state index is 12.4. The summed E-state index contributed by atoms with van der Waals surface area (Å²) in [6, 6.07) is 33.1. The largest absolute Gasteiger partial charge is 0.481 e. The fourth-order valence-corrected chi connectivity index (χ4v) is 5.82. The minimum Gasteiger partial charge on any atom is -0.481 e. The number of aliphatic hydroxyl groups is 1. The van der Waals surface area contributed by atoms with Crippen LogP contribution >= 0.6 is 15.9 Å². The lowest BCUT2D eigenvalue weighted by Gasteiger charge is -2.41. The molecule has 0 aliphatic heterocycles. The van der Waals surface area contributed by atoms with Gasteiger partial charge >= 0.3 is 0 Å². The van der Waals surface area contributed by atoms with Crippen molar-refractivity contribution in [3.63, 3.8) is 0 Å². The van der Waals surface area contributed by atoms with Gasteiger partial charge in [0.15, 0.2) is 0 Å². The molecule has 4 nitrogen and oxygen atoms in total. The quantitative estimate of drug-likeness (QED) is 0.229. The third-order valence-electron chi connectivity index (χ3n) is 7.15. The number of hydrogen-bond donors (Lipinski definition) is 1. The Hall–Kier alpha value is -3.25. The molecule has 5 aromatic rings. The van der Waals surface area contributed by atoms with Gasteiger partial charge in [-0.05, 0) is 66.7 Å². The first-order valence-electron chi connectivity index (χ1n) is 12.5. The number of pyridine rings is 1. The molecule has 0 fully saturated rings. The number of fused-ring (bicyclic) bond motifs is 2.